The SMILES string of the molecule is CCC1CC(C(=O)N2CCCC(N3CCC(c4cccnc4OC)CC3)CC2)C1. The average molecular weight is 400 g/mol. The lowest BCUT2D eigenvalue weighted by molar-refractivity contribution is -0.140. The molecule has 1 atom stereocenters. The fraction of sp³-hybridized carbons (Fsp3) is 0.750. The summed E-state index contributed by atoms with van der Waals surface area (Å²) in [7, 11) is 1.71. The third-order valence-electron chi connectivity index (χ3n) is 7.65. The van der Waals surface area contributed by atoms with E-state index in [4.69, 9.17) is 4.74 Å². The number of carbonyl (C=O) groups is 1. The molecule has 1 saturated carbocycles. The highest BCUT2D eigenvalue weighted by Crippen LogP contribution is 2.38. The Morgan fingerprint density at radius 2 is 1.93 bits per heavy atom. The first-order valence-corrected chi connectivity index (χ1v) is 11.7. The molecule has 0 spiro atoms. The van der Waals surface area contributed by atoms with Crippen LogP contribution in [-0.2, 0) is 4.79 Å². The number of methoxy groups -OCH3 is 1. The summed E-state index contributed by atoms with van der Waals surface area (Å²) in [5.41, 5.74) is 1.26. The van der Waals surface area contributed by atoms with Gasteiger partial charge in [-0.2, -0.15) is 0 Å². The standard InChI is InChI=1S/C24H37N3O2/c1-3-18-16-20(17-18)24(28)27-12-5-6-21(10-15-27)26-13-8-19(9-14-26)22-7-4-11-25-23(22)29-2/h4,7,11,18-21H,3,5-6,8-10,12-17H2,1-2H3. The minimum absolute atomic E-state index is 0.321. The first-order chi connectivity index (χ1) is 14.2. The van der Waals surface area contributed by atoms with Gasteiger partial charge in [0.15, 0.2) is 0 Å². The molecule has 0 bridgehead atoms. The number of aromatic nitrogens is 1. The first-order valence-electron chi connectivity index (χ1n) is 11.7. The van der Waals surface area contributed by atoms with Crippen LogP contribution in [0.2, 0.25) is 0 Å². The van der Waals surface area contributed by atoms with Crippen LogP contribution in [0, 0.1) is 11.8 Å². The number of rotatable bonds is 5. The highest BCUT2D eigenvalue weighted by atomic mass is 16.5. The molecule has 0 N–H and O–H groups in total. The molecule has 160 valence electrons. The fourth-order valence-corrected chi connectivity index (χ4v) is 5.65. The predicted octanol–water partition coefficient (Wildman–Crippen LogP) is 4.09. The van der Waals surface area contributed by atoms with Gasteiger partial charge in [0.2, 0.25) is 11.8 Å². The molecule has 2 aliphatic heterocycles. The zero-order chi connectivity index (χ0) is 20.2. The van der Waals surface area contributed by atoms with E-state index in [0.29, 0.717) is 23.8 Å². The predicted molar refractivity (Wildman–Crippen MR) is 115 cm³/mol. The van der Waals surface area contributed by atoms with Crippen molar-refractivity contribution in [2.45, 2.75) is 70.3 Å². The van der Waals surface area contributed by atoms with Crippen molar-refractivity contribution in [2.75, 3.05) is 33.3 Å². The average Bonchev–Trinajstić information content (AvgIpc) is 2.99. The van der Waals surface area contributed by atoms with E-state index in [2.05, 4.69) is 27.8 Å². The molecule has 3 aliphatic rings. The van der Waals surface area contributed by atoms with Crippen LogP contribution in [0.1, 0.15) is 69.8 Å². The second kappa shape index (κ2) is 9.46. The first kappa shape index (κ1) is 20.6. The number of amides is 1. The molecule has 5 heteroatoms. The highest BCUT2D eigenvalue weighted by Gasteiger charge is 2.37. The van der Waals surface area contributed by atoms with E-state index in [0.717, 1.165) is 63.7 Å². The van der Waals surface area contributed by atoms with Gasteiger partial charge in [0.05, 0.1) is 7.11 Å². The van der Waals surface area contributed by atoms with E-state index in [1.807, 2.05) is 12.3 Å². The topological polar surface area (TPSA) is 45.7 Å². The van der Waals surface area contributed by atoms with Crippen LogP contribution in [0.3, 0.4) is 0 Å². The maximum Gasteiger partial charge on any atom is 0.225 e. The zero-order valence-corrected chi connectivity index (χ0v) is 18.2. The second-order valence-corrected chi connectivity index (χ2v) is 9.26. The number of hydrogen-bond donors (Lipinski definition) is 0. The molecule has 3 heterocycles. The number of likely N-dealkylation sites (tertiary alicyclic amines) is 2. The van der Waals surface area contributed by atoms with E-state index in [1.165, 1.54) is 31.2 Å². The van der Waals surface area contributed by atoms with Gasteiger partial charge in [-0.1, -0.05) is 19.4 Å². The Kier molecular flexibility index (Phi) is 6.74. The minimum Gasteiger partial charge on any atom is -0.481 e. The van der Waals surface area contributed by atoms with Crippen molar-refractivity contribution in [3.05, 3.63) is 23.9 Å². The van der Waals surface area contributed by atoms with Crippen molar-refractivity contribution in [1.29, 1.82) is 0 Å². The van der Waals surface area contributed by atoms with Gasteiger partial charge in [-0.3, -0.25) is 4.79 Å². The molecule has 1 aliphatic carbocycles. The molecular weight excluding hydrogens is 362 g/mol. The lowest BCUT2D eigenvalue weighted by atomic mass is 9.73. The van der Waals surface area contributed by atoms with Gasteiger partial charge in [0, 0.05) is 36.8 Å². The van der Waals surface area contributed by atoms with Crippen LogP contribution < -0.4 is 4.74 Å². The van der Waals surface area contributed by atoms with E-state index < -0.39 is 0 Å². The number of pyridine rings is 1. The molecule has 2 saturated heterocycles. The summed E-state index contributed by atoms with van der Waals surface area (Å²) in [6.07, 6.45) is 11.1. The molecule has 5 nitrogen and oxygen atoms in total. The maximum atomic E-state index is 12.8. The summed E-state index contributed by atoms with van der Waals surface area (Å²) in [6, 6.07) is 4.82. The van der Waals surface area contributed by atoms with E-state index >= 15 is 0 Å². The molecule has 1 unspecified atom stereocenters. The van der Waals surface area contributed by atoms with E-state index in [-0.39, 0.29) is 0 Å². The highest BCUT2D eigenvalue weighted by molar-refractivity contribution is 5.79. The van der Waals surface area contributed by atoms with Gasteiger partial charge in [0.25, 0.3) is 0 Å². The van der Waals surface area contributed by atoms with Crippen molar-refractivity contribution in [2.24, 2.45) is 11.8 Å². The summed E-state index contributed by atoms with van der Waals surface area (Å²) < 4.78 is 5.48. The molecule has 1 amide bonds. The molecule has 0 aromatic carbocycles. The van der Waals surface area contributed by atoms with Gasteiger partial charge in [-0.25, -0.2) is 4.98 Å². The van der Waals surface area contributed by atoms with Gasteiger partial charge in [-0.15, -0.1) is 0 Å². The molecular formula is C24H37N3O2. The minimum atomic E-state index is 0.321. The number of ether oxygens (including phenoxy) is 1. The number of nitrogens with zero attached hydrogens (tertiary/aromatic N) is 3. The smallest absolute Gasteiger partial charge is 0.225 e. The van der Waals surface area contributed by atoms with Crippen molar-refractivity contribution < 1.29 is 9.53 Å². The third-order valence-corrected chi connectivity index (χ3v) is 7.65. The Morgan fingerprint density at radius 1 is 1.14 bits per heavy atom. The largest absolute Gasteiger partial charge is 0.481 e. The van der Waals surface area contributed by atoms with Crippen molar-refractivity contribution in [3.63, 3.8) is 0 Å². The Balaban J connectivity index is 1.27. The summed E-state index contributed by atoms with van der Waals surface area (Å²) in [5.74, 6) is 2.89. The lowest BCUT2D eigenvalue weighted by Crippen LogP contribution is -2.43. The molecule has 3 fully saturated rings. The summed E-state index contributed by atoms with van der Waals surface area (Å²) in [4.78, 5) is 22.1. The van der Waals surface area contributed by atoms with Gasteiger partial charge in [-0.05, 0) is 75.9 Å². The molecule has 29 heavy (non-hydrogen) atoms. The number of hydrogen-bond acceptors (Lipinski definition) is 4. The van der Waals surface area contributed by atoms with Crippen LogP contribution >= 0.6 is 0 Å². The monoisotopic (exact) mass is 399 g/mol. The third kappa shape index (κ3) is 4.60. The van der Waals surface area contributed by atoms with Gasteiger partial charge < -0.3 is 14.5 Å². The van der Waals surface area contributed by atoms with Crippen molar-refractivity contribution in [1.82, 2.24) is 14.8 Å². The zero-order valence-electron chi connectivity index (χ0n) is 18.2. The van der Waals surface area contributed by atoms with Crippen LogP contribution in [0.15, 0.2) is 18.3 Å². The molecule has 1 aromatic heterocycles. The van der Waals surface area contributed by atoms with Crippen molar-refractivity contribution in [3.8, 4) is 5.88 Å². The van der Waals surface area contributed by atoms with E-state index in [9.17, 15) is 4.79 Å². The quantitative estimate of drug-likeness (QED) is 0.748. The summed E-state index contributed by atoms with van der Waals surface area (Å²) >= 11 is 0. The van der Waals surface area contributed by atoms with Crippen LogP contribution in [0.5, 0.6) is 5.88 Å². The van der Waals surface area contributed by atoms with Crippen LogP contribution in [-0.4, -0.2) is 60.0 Å². The van der Waals surface area contributed by atoms with E-state index in [1.54, 1.807) is 7.11 Å². The molecule has 0 radical (unpaired) electrons. The molecule has 4 rings (SSSR count). The summed E-state index contributed by atoms with van der Waals surface area (Å²) in [6.45, 7) is 6.44. The normalized spacial score (nSPS) is 29.2. The number of piperidine rings is 1. The number of carbonyl (C=O) groups excluding carboxylic acids is 1. The lowest BCUT2D eigenvalue weighted by Gasteiger charge is -2.38. The van der Waals surface area contributed by atoms with Crippen LogP contribution in [0.25, 0.3) is 0 Å². The Morgan fingerprint density at radius 3 is 2.66 bits per heavy atom. The second-order valence-electron chi connectivity index (χ2n) is 9.26. The maximum absolute atomic E-state index is 12.8. The van der Waals surface area contributed by atoms with Gasteiger partial charge in [0.1, 0.15) is 0 Å². The Hall–Kier alpha value is -1.62. The van der Waals surface area contributed by atoms with Crippen molar-refractivity contribution >= 4 is 5.91 Å². The van der Waals surface area contributed by atoms with Crippen LogP contribution in [0.4, 0.5) is 0 Å². The fourth-order valence-electron chi connectivity index (χ4n) is 5.65. The Bertz CT molecular complexity index is 680. The summed E-state index contributed by atoms with van der Waals surface area (Å²) in [5, 5.41) is 0. The van der Waals surface area contributed by atoms with Gasteiger partial charge >= 0.3 is 0 Å². The molecule has 1 aromatic rings. The Labute approximate surface area is 175 Å².